The Kier molecular flexibility index (Phi) is 3.41. The van der Waals surface area contributed by atoms with E-state index >= 15 is 0 Å². The van der Waals surface area contributed by atoms with Gasteiger partial charge in [0.05, 0.1) is 0 Å². The summed E-state index contributed by atoms with van der Waals surface area (Å²) in [6.45, 7) is 7.93. The van der Waals surface area contributed by atoms with Crippen LogP contribution < -0.4 is 5.32 Å². The molecule has 2 heteroatoms. The largest absolute Gasteiger partial charge is 0.314 e. The Bertz CT molecular complexity index is 375. The number of benzene rings is 1. The van der Waals surface area contributed by atoms with E-state index in [4.69, 9.17) is 0 Å². The maximum Gasteiger partial charge on any atom is 0.0178 e. The predicted molar refractivity (Wildman–Crippen MR) is 72.7 cm³/mol. The fourth-order valence-electron chi connectivity index (χ4n) is 2.33. The average molecular weight is 282 g/mol. The molecule has 2 unspecified atom stereocenters. The zero-order chi connectivity index (χ0) is 11.8. The van der Waals surface area contributed by atoms with E-state index in [9.17, 15) is 0 Å². The Labute approximate surface area is 107 Å². The van der Waals surface area contributed by atoms with Crippen LogP contribution in [0.5, 0.6) is 0 Å². The molecule has 1 aliphatic carbocycles. The molecule has 16 heavy (non-hydrogen) atoms. The number of nitrogens with one attached hydrogen (secondary N) is 1. The summed E-state index contributed by atoms with van der Waals surface area (Å²) in [7, 11) is 0. The van der Waals surface area contributed by atoms with Gasteiger partial charge >= 0.3 is 0 Å². The van der Waals surface area contributed by atoms with E-state index in [0.29, 0.717) is 11.5 Å². The first kappa shape index (κ1) is 12.1. The third-order valence-corrected chi connectivity index (χ3v) is 4.16. The van der Waals surface area contributed by atoms with Gasteiger partial charge in [-0.15, -0.1) is 0 Å². The van der Waals surface area contributed by atoms with Crippen molar-refractivity contribution in [3.05, 3.63) is 34.3 Å². The average Bonchev–Trinajstić information content (AvgIpc) is 2.88. The molecule has 1 fully saturated rings. The van der Waals surface area contributed by atoms with Gasteiger partial charge in [-0.1, -0.05) is 48.8 Å². The topological polar surface area (TPSA) is 12.0 Å². The third kappa shape index (κ3) is 2.49. The molecule has 0 aliphatic heterocycles. The Morgan fingerprint density at radius 1 is 1.50 bits per heavy atom. The number of halogens is 1. The summed E-state index contributed by atoms with van der Waals surface area (Å²) in [6, 6.07) is 9.33. The van der Waals surface area contributed by atoms with E-state index < -0.39 is 0 Å². The van der Waals surface area contributed by atoms with Crippen molar-refractivity contribution in [2.75, 3.05) is 6.54 Å². The fraction of sp³-hybridized carbons (Fsp3) is 0.571. The van der Waals surface area contributed by atoms with Crippen molar-refractivity contribution < 1.29 is 0 Å². The summed E-state index contributed by atoms with van der Waals surface area (Å²) >= 11 is 3.55. The second-order valence-electron chi connectivity index (χ2n) is 5.39. The molecule has 1 N–H and O–H groups in total. The lowest BCUT2D eigenvalue weighted by molar-refractivity contribution is 0.528. The highest BCUT2D eigenvalue weighted by molar-refractivity contribution is 9.10. The van der Waals surface area contributed by atoms with Crippen molar-refractivity contribution in [2.45, 2.75) is 38.6 Å². The van der Waals surface area contributed by atoms with E-state index in [1.807, 2.05) is 0 Å². The highest BCUT2D eigenvalue weighted by Gasteiger charge is 2.50. The van der Waals surface area contributed by atoms with E-state index in [2.05, 4.69) is 66.3 Å². The molecule has 0 saturated heterocycles. The lowest BCUT2D eigenvalue weighted by Crippen LogP contribution is -2.26. The van der Waals surface area contributed by atoms with Crippen LogP contribution in [-0.2, 0) is 5.41 Å². The molecule has 0 aromatic heterocycles. The van der Waals surface area contributed by atoms with Gasteiger partial charge < -0.3 is 5.32 Å². The summed E-state index contributed by atoms with van der Waals surface area (Å²) < 4.78 is 1.19. The van der Waals surface area contributed by atoms with E-state index in [0.717, 1.165) is 12.5 Å². The molecule has 2 rings (SSSR count). The SMILES string of the molecule is CC(C)NCC1CC1(C)c1cccc(Br)c1. The molecule has 0 radical (unpaired) electrons. The summed E-state index contributed by atoms with van der Waals surface area (Å²) in [5.41, 5.74) is 1.86. The normalized spacial score (nSPS) is 28.4. The van der Waals surface area contributed by atoms with Crippen LogP contribution in [0.1, 0.15) is 32.8 Å². The highest BCUT2D eigenvalue weighted by atomic mass is 79.9. The molecule has 2 atom stereocenters. The molecule has 1 aliphatic rings. The highest BCUT2D eigenvalue weighted by Crippen LogP contribution is 2.53. The number of rotatable bonds is 4. The van der Waals surface area contributed by atoms with Crippen LogP contribution in [0.4, 0.5) is 0 Å². The number of hydrogen-bond acceptors (Lipinski definition) is 1. The van der Waals surface area contributed by atoms with Crippen LogP contribution in [0, 0.1) is 5.92 Å². The van der Waals surface area contributed by atoms with Crippen LogP contribution in [0.2, 0.25) is 0 Å². The zero-order valence-electron chi connectivity index (χ0n) is 10.3. The van der Waals surface area contributed by atoms with Gasteiger partial charge in [-0.2, -0.15) is 0 Å². The third-order valence-electron chi connectivity index (χ3n) is 3.67. The Balaban J connectivity index is 2.01. The van der Waals surface area contributed by atoms with Gasteiger partial charge in [0.15, 0.2) is 0 Å². The van der Waals surface area contributed by atoms with Crippen molar-refractivity contribution in [1.29, 1.82) is 0 Å². The molecule has 1 aromatic rings. The van der Waals surface area contributed by atoms with Crippen LogP contribution in [0.15, 0.2) is 28.7 Å². The zero-order valence-corrected chi connectivity index (χ0v) is 11.8. The molecule has 1 aromatic carbocycles. The maximum atomic E-state index is 3.55. The van der Waals surface area contributed by atoms with Gasteiger partial charge in [-0.25, -0.2) is 0 Å². The molecule has 0 bridgehead atoms. The summed E-state index contributed by atoms with van der Waals surface area (Å²) in [5, 5.41) is 3.54. The predicted octanol–water partition coefficient (Wildman–Crippen LogP) is 3.72. The van der Waals surface area contributed by atoms with Gasteiger partial charge in [0.1, 0.15) is 0 Å². The van der Waals surface area contributed by atoms with Crippen LogP contribution in [0.25, 0.3) is 0 Å². The van der Waals surface area contributed by atoms with Crippen LogP contribution in [0.3, 0.4) is 0 Å². The van der Waals surface area contributed by atoms with Gasteiger partial charge in [-0.3, -0.25) is 0 Å². The lowest BCUT2D eigenvalue weighted by atomic mass is 9.95. The van der Waals surface area contributed by atoms with Crippen molar-refractivity contribution in [3.8, 4) is 0 Å². The van der Waals surface area contributed by atoms with Crippen LogP contribution in [-0.4, -0.2) is 12.6 Å². The van der Waals surface area contributed by atoms with E-state index in [1.54, 1.807) is 0 Å². The molecule has 1 saturated carbocycles. The molecule has 1 nitrogen and oxygen atoms in total. The minimum absolute atomic E-state index is 0.395. The Morgan fingerprint density at radius 3 is 2.88 bits per heavy atom. The van der Waals surface area contributed by atoms with E-state index in [-0.39, 0.29) is 0 Å². The number of hydrogen-bond donors (Lipinski definition) is 1. The monoisotopic (exact) mass is 281 g/mol. The smallest absolute Gasteiger partial charge is 0.0178 e. The summed E-state index contributed by atoms with van der Waals surface area (Å²) in [5.74, 6) is 0.796. The second-order valence-corrected chi connectivity index (χ2v) is 6.31. The minimum atomic E-state index is 0.395. The first-order valence-corrected chi connectivity index (χ1v) is 6.81. The molecular formula is C14H20BrN. The van der Waals surface area contributed by atoms with Gasteiger partial charge in [0.25, 0.3) is 0 Å². The fourth-order valence-corrected chi connectivity index (χ4v) is 2.72. The Morgan fingerprint density at radius 2 is 2.25 bits per heavy atom. The van der Waals surface area contributed by atoms with Crippen molar-refractivity contribution in [3.63, 3.8) is 0 Å². The second kappa shape index (κ2) is 4.50. The van der Waals surface area contributed by atoms with E-state index in [1.165, 1.54) is 16.5 Å². The van der Waals surface area contributed by atoms with Crippen molar-refractivity contribution >= 4 is 15.9 Å². The summed E-state index contributed by atoms with van der Waals surface area (Å²) in [4.78, 5) is 0. The van der Waals surface area contributed by atoms with Gasteiger partial charge in [0, 0.05) is 10.5 Å². The first-order chi connectivity index (χ1) is 7.52. The van der Waals surface area contributed by atoms with Gasteiger partial charge in [-0.05, 0) is 42.0 Å². The standard InChI is InChI=1S/C14H20BrN/c1-10(2)16-9-12-8-14(12,3)11-5-4-6-13(15)7-11/h4-7,10,12,16H,8-9H2,1-3H3. The molecule has 0 heterocycles. The first-order valence-electron chi connectivity index (χ1n) is 6.02. The maximum absolute atomic E-state index is 3.55. The molecular weight excluding hydrogens is 262 g/mol. The molecule has 0 amide bonds. The molecule has 0 spiro atoms. The van der Waals surface area contributed by atoms with Crippen molar-refractivity contribution in [1.82, 2.24) is 5.32 Å². The minimum Gasteiger partial charge on any atom is -0.314 e. The van der Waals surface area contributed by atoms with Gasteiger partial charge in [0.2, 0.25) is 0 Å². The molecule has 88 valence electrons. The van der Waals surface area contributed by atoms with Crippen molar-refractivity contribution in [2.24, 2.45) is 5.92 Å². The quantitative estimate of drug-likeness (QED) is 0.887. The Hall–Kier alpha value is -0.340. The lowest BCUT2D eigenvalue weighted by Gasteiger charge is -2.14. The summed E-state index contributed by atoms with van der Waals surface area (Å²) in [6.07, 6.45) is 1.31. The van der Waals surface area contributed by atoms with Crippen LogP contribution >= 0.6 is 15.9 Å².